The minimum Gasteiger partial charge on any atom is -0.444 e. The Balaban J connectivity index is 1.49. The van der Waals surface area contributed by atoms with Crippen LogP contribution in [0, 0.1) is 0 Å². The number of sulfonamides is 1. The van der Waals surface area contributed by atoms with Gasteiger partial charge in [-0.05, 0) is 37.1 Å². The highest BCUT2D eigenvalue weighted by Gasteiger charge is 2.28. The summed E-state index contributed by atoms with van der Waals surface area (Å²) in [6.45, 7) is 1.01. The van der Waals surface area contributed by atoms with Gasteiger partial charge in [0.1, 0.15) is 11.2 Å². The van der Waals surface area contributed by atoms with Gasteiger partial charge in [0.25, 0.3) is 0 Å². The van der Waals surface area contributed by atoms with Gasteiger partial charge in [-0.3, -0.25) is 4.79 Å². The molecule has 1 amide bonds. The van der Waals surface area contributed by atoms with Gasteiger partial charge in [0.15, 0.2) is 0 Å². The molecule has 1 aliphatic rings. The third-order valence-corrected chi connectivity index (χ3v) is 6.96. The zero-order valence-corrected chi connectivity index (χ0v) is 17.3. The topological polar surface area (TPSA) is 92.5 Å². The fraction of sp³-hybridized carbons (Fsp3) is 0.273. The molecule has 4 rings (SSSR count). The van der Waals surface area contributed by atoms with Gasteiger partial charge in [-0.15, -0.1) is 0 Å². The lowest BCUT2D eigenvalue weighted by Gasteiger charge is -2.26. The van der Waals surface area contributed by atoms with E-state index < -0.39 is 10.0 Å². The van der Waals surface area contributed by atoms with Gasteiger partial charge in [-0.1, -0.05) is 36.8 Å². The van der Waals surface area contributed by atoms with Crippen molar-refractivity contribution in [2.24, 2.45) is 0 Å². The van der Waals surface area contributed by atoms with Crippen LogP contribution in [0.4, 0.5) is 5.69 Å². The van der Waals surface area contributed by atoms with Crippen molar-refractivity contribution in [2.45, 2.75) is 30.6 Å². The number of benzene rings is 2. The maximum atomic E-state index is 13.1. The third kappa shape index (κ3) is 4.44. The van der Waals surface area contributed by atoms with Crippen molar-refractivity contribution in [3.63, 3.8) is 0 Å². The number of nitrogens with one attached hydrogen (secondary N) is 1. The van der Waals surface area contributed by atoms with Crippen LogP contribution in [0.2, 0.25) is 0 Å². The Morgan fingerprint density at radius 2 is 1.70 bits per heavy atom. The number of oxazole rings is 1. The molecule has 7 nitrogen and oxygen atoms in total. The van der Waals surface area contributed by atoms with Crippen molar-refractivity contribution < 1.29 is 17.6 Å². The second kappa shape index (κ2) is 8.81. The molecule has 0 unspecified atom stereocenters. The number of nitrogens with zero attached hydrogens (tertiary/aromatic N) is 2. The fourth-order valence-corrected chi connectivity index (χ4v) is 5.16. The predicted octanol–water partition coefficient (Wildman–Crippen LogP) is 3.70. The second-order valence-corrected chi connectivity index (χ2v) is 9.10. The van der Waals surface area contributed by atoms with E-state index in [1.807, 2.05) is 30.3 Å². The number of amides is 1. The van der Waals surface area contributed by atoms with E-state index in [2.05, 4.69) is 10.3 Å². The SMILES string of the molecule is O=C(Cc1coc(-c2ccccc2)n1)Nc1ccccc1S(=O)(=O)N1CCCCC1. The molecule has 3 aromatic rings. The first kappa shape index (κ1) is 20.3. The monoisotopic (exact) mass is 425 g/mol. The van der Waals surface area contributed by atoms with Crippen LogP contribution in [0.15, 0.2) is 70.2 Å². The number of anilines is 1. The summed E-state index contributed by atoms with van der Waals surface area (Å²) in [4.78, 5) is 17.1. The molecule has 1 N–H and O–H groups in total. The first-order valence-electron chi connectivity index (χ1n) is 9.93. The van der Waals surface area contributed by atoms with E-state index >= 15 is 0 Å². The Hall–Kier alpha value is -2.97. The van der Waals surface area contributed by atoms with E-state index in [1.165, 1.54) is 16.6 Å². The smallest absolute Gasteiger partial charge is 0.245 e. The predicted molar refractivity (Wildman–Crippen MR) is 113 cm³/mol. The van der Waals surface area contributed by atoms with Crippen LogP contribution in [-0.2, 0) is 21.2 Å². The molecule has 1 fully saturated rings. The molecule has 8 heteroatoms. The van der Waals surface area contributed by atoms with E-state index in [9.17, 15) is 13.2 Å². The Bertz CT molecular complexity index is 1120. The fourth-order valence-electron chi connectivity index (χ4n) is 3.50. The number of hydrogen-bond donors (Lipinski definition) is 1. The number of rotatable bonds is 6. The first-order chi connectivity index (χ1) is 14.5. The summed E-state index contributed by atoms with van der Waals surface area (Å²) in [7, 11) is -3.66. The molecule has 0 saturated carbocycles. The molecule has 0 radical (unpaired) electrons. The van der Waals surface area contributed by atoms with Crippen molar-refractivity contribution >= 4 is 21.6 Å². The summed E-state index contributed by atoms with van der Waals surface area (Å²) in [6.07, 6.45) is 4.16. The van der Waals surface area contributed by atoms with E-state index in [0.29, 0.717) is 24.7 Å². The van der Waals surface area contributed by atoms with Crippen LogP contribution < -0.4 is 5.32 Å². The lowest BCUT2D eigenvalue weighted by molar-refractivity contribution is -0.115. The van der Waals surface area contributed by atoms with Gasteiger partial charge in [-0.2, -0.15) is 4.31 Å². The van der Waals surface area contributed by atoms with Crippen LogP contribution >= 0.6 is 0 Å². The van der Waals surface area contributed by atoms with Crippen molar-refractivity contribution in [1.29, 1.82) is 0 Å². The normalized spacial score (nSPS) is 15.1. The highest BCUT2D eigenvalue weighted by Crippen LogP contribution is 2.27. The maximum absolute atomic E-state index is 13.1. The minimum atomic E-state index is -3.66. The Morgan fingerprint density at radius 1 is 1.00 bits per heavy atom. The number of piperidine rings is 1. The molecule has 30 heavy (non-hydrogen) atoms. The summed E-state index contributed by atoms with van der Waals surface area (Å²) < 4.78 is 33.1. The number of carbonyl (C=O) groups excluding carboxylic acids is 1. The first-order valence-corrected chi connectivity index (χ1v) is 11.4. The quantitative estimate of drug-likeness (QED) is 0.650. The molecule has 1 aromatic heterocycles. The summed E-state index contributed by atoms with van der Waals surface area (Å²) in [5.41, 5.74) is 1.57. The summed E-state index contributed by atoms with van der Waals surface area (Å²) in [5.74, 6) is 0.0793. The lowest BCUT2D eigenvalue weighted by atomic mass is 10.2. The number of hydrogen-bond acceptors (Lipinski definition) is 5. The Labute approximate surface area is 175 Å². The molecule has 2 heterocycles. The van der Waals surface area contributed by atoms with Crippen LogP contribution in [0.3, 0.4) is 0 Å². The van der Waals surface area contributed by atoms with Crippen molar-refractivity contribution in [3.8, 4) is 11.5 Å². The van der Waals surface area contributed by atoms with Gasteiger partial charge in [0, 0.05) is 18.7 Å². The van der Waals surface area contributed by atoms with Gasteiger partial charge < -0.3 is 9.73 Å². The number of para-hydroxylation sites is 1. The molecule has 0 atom stereocenters. The highest BCUT2D eigenvalue weighted by molar-refractivity contribution is 7.89. The van der Waals surface area contributed by atoms with Gasteiger partial charge in [0.05, 0.1) is 17.8 Å². The Kier molecular flexibility index (Phi) is 5.96. The van der Waals surface area contributed by atoms with Crippen LogP contribution in [-0.4, -0.2) is 36.7 Å². The van der Waals surface area contributed by atoms with E-state index in [4.69, 9.17) is 4.42 Å². The average molecular weight is 426 g/mol. The molecule has 1 aliphatic heterocycles. The zero-order chi connectivity index (χ0) is 21.0. The van der Waals surface area contributed by atoms with Crippen LogP contribution in [0.1, 0.15) is 25.0 Å². The summed E-state index contributed by atoms with van der Waals surface area (Å²) in [5, 5.41) is 2.73. The Morgan fingerprint density at radius 3 is 2.47 bits per heavy atom. The van der Waals surface area contributed by atoms with E-state index in [0.717, 1.165) is 24.8 Å². The molecule has 156 valence electrons. The maximum Gasteiger partial charge on any atom is 0.245 e. The summed E-state index contributed by atoms with van der Waals surface area (Å²) >= 11 is 0. The molecule has 1 saturated heterocycles. The van der Waals surface area contributed by atoms with Crippen LogP contribution in [0.5, 0.6) is 0 Å². The average Bonchev–Trinajstić information content (AvgIpc) is 3.23. The van der Waals surface area contributed by atoms with Crippen molar-refractivity contribution in [3.05, 3.63) is 66.6 Å². The van der Waals surface area contributed by atoms with Gasteiger partial charge in [-0.25, -0.2) is 13.4 Å². The summed E-state index contributed by atoms with van der Waals surface area (Å²) in [6, 6.07) is 15.9. The van der Waals surface area contributed by atoms with Crippen molar-refractivity contribution in [1.82, 2.24) is 9.29 Å². The largest absolute Gasteiger partial charge is 0.444 e. The van der Waals surface area contributed by atoms with Gasteiger partial charge >= 0.3 is 0 Å². The number of aromatic nitrogens is 1. The van der Waals surface area contributed by atoms with E-state index in [1.54, 1.807) is 18.2 Å². The van der Waals surface area contributed by atoms with Crippen LogP contribution in [0.25, 0.3) is 11.5 Å². The number of carbonyl (C=O) groups is 1. The molecular formula is C22H23N3O4S. The minimum absolute atomic E-state index is 0.0194. The zero-order valence-electron chi connectivity index (χ0n) is 16.5. The third-order valence-electron chi connectivity index (χ3n) is 5.01. The molecular weight excluding hydrogens is 402 g/mol. The molecule has 2 aromatic carbocycles. The lowest BCUT2D eigenvalue weighted by Crippen LogP contribution is -2.36. The molecule has 0 spiro atoms. The second-order valence-electron chi connectivity index (χ2n) is 7.20. The molecule has 0 bridgehead atoms. The molecule has 0 aliphatic carbocycles. The highest BCUT2D eigenvalue weighted by atomic mass is 32.2. The van der Waals surface area contributed by atoms with Crippen molar-refractivity contribution in [2.75, 3.05) is 18.4 Å². The van der Waals surface area contributed by atoms with E-state index in [-0.39, 0.29) is 22.9 Å². The van der Waals surface area contributed by atoms with Gasteiger partial charge in [0.2, 0.25) is 21.8 Å². The standard InChI is InChI=1S/C22H23N3O4S/c26-21(15-18-16-29-22(23-18)17-9-3-1-4-10-17)24-19-11-5-6-12-20(19)30(27,28)25-13-7-2-8-14-25/h1,3-6,9-12,16H,2,7-8,13-15H2,(H,24,26).